The zero-order chi connectivity index (χ0) is 12.7. The topological polar surface area (TPSA) is 66.8 Å². The van der Waals surface area contributed by atoms with Crippen LogP contribution in [0.5, 0.6) is 0 Å². The lowest BCUT2D eigenvalue weighted by Crippen LogP contribution is -2.56. The molecule has 2 aliphatic heterocycles. The number of aliphatic hydroxyl groups is 1. The molecule has 2 rings (SSSR count). The molecule has 0 aliphatic carbocycles. The Morgan fingerprint density at radius 2 is 1.88 bits per heavy atom. The van der Waals surface area contributed by atoms with Crippen molar-refractivity contribution in [2.45, 2.75) is 44.3 Å². The van der Waals surface area contributed by atoms with Crippen molar-refractivity contribution in [2.75, 3.05) is 18.1 Å². The number of carboxylic acids is 1. The quantitative estimate of drug-likeness (QED) is 0.788. The van der Waals surface area contributed by atoms with Crippen LogP contribution in [0.25, 0.3) is 0 Å². The molecular weight excluding hydrogens is 240 g/mol. The average Bonchev–Trinajstić information content (AvgIpc) is 2.55. The Morgan fingerprint density at radius 3 is 2.29 bits per heavy atom. The third-order valence-electron chi connectivity index (χ3n) is 4.07. The normalized spacial score (nSPS) is 35.7. The van der Waals surface area contributed by atoms with Crippen LogP contribution in [0.2, 0.25) is 0 Å². The highest BCUT2D eigenvalue weighted by Gasteiger charge is 2.61. The Bertz CT molecular complexity index is 322. The fourth-order valence-corrected chi connectivity index (χ4v) is 4.22. The number of rotatable bonds is 2. The second-order valence-electron chi connectivity index (χ2n) is 5.76. The first kappa shape index (κ1) is 13.2. The van der Waals surface area contributed by atoms with E-state index in [0.29, 0.717) is 19.3 Å². The van der Waals surface area contributed by atoms with E-state index in [9.17, 15) is 15.0 Å². The van der Waals surface area contributed by atoms with E-state index < -0.39 is 22.6 Å². The van der Waals surface area contributed by atoms with Gasteiger partial charge in [-0.3, -0.25) is 4.79 Å². The molecule has 5 heteroatoms. The molecule has 0 bridgehead atoms. The summed E-state index contributed by atoms with van der Waals surface area (Å²) in [7, 11) is 0. The summed E-state index contributed by atoms with van der Waals surface area (Å²) in [5.41, 5.74) is -2.67. The minimum atomic E-state index is -1.22. The lowest BCUT2D eigenvalue weighted by atomic mass is 9.65. The summed E-state index contributed by atoms with van der Waals surface area (Å²) in [6.07, 6.45) is 1.46. The molecule has 2 heterocycles. The standard InChI is InChI=1S/C12H20O4S/c1-10(2)7-12(15,8-16-10)11(9(13)14)3-5-17-6-4-11/h15H,3-8H2,1-2H3,(H,13,14). The molecule has 0 aromatic carbocycles. The highest BCUT2D eigenvalue weighted by atomic mass is 32.2. The molecule has 17 heavy (non-hydrogen) atoms. The number of thioether (sulfide) groups is 1. The van der Waals surface area contributed by atoms with Crippen molar-refractivity contribution in [2.24, 2.45) is 5.41 Å². The van der Waals surface area contributed by atoms with Crippen LogP contribution in [0.3, 0.4) is 0 Å². The average molecular weight is 260 g/mol. The minimum Gasteiger partial charge on any atom is -0.481 e. The summed E-state index contributed by atoms with van der Waals surface area (Å²) in [5, 5.41) is 20.3. The maximum Gasteiger partial charge on any atom is 0.312 e. The van der Waals surface area contributed by atoms with Gasteiger partial charge in [0.1, 0.15) is 11.0 Å². The monoisotopic (exact) mass is 260 g/mol. The molecule has 2 fully saturated rings. The van der Waals surface area contributed by atoms with E-state index >= 15 is 0 Å². The van der Waals surface area contributed by atoms with Gasteiger partial charge in [-0.05, 0) is 38.2 Å². The highest BCUT2D eigenvalue weighted by molar-refractivity contribution is 7.99. The van der Waals surface area contributed by atoms with Crippen molar-refractivity contribution in [3.05, 3.63) is 0 Å². The van der Waals surface area contributed by atoms with Crippen LogP contribution < -0.4 is 0 Å². The van der Waals surface area contributed by atoms with Crippen LogP contribution >= 0.6 is 11.8 Å². The van der Waals surface area contributed by atoms with E-state index in [1.807, 2.05) is 13.8 Å². The molecule has 0 aromatic heterocycles. The Balaban J connectivity index is 2.30. The Morgan fingerprint density at radius 1 is 1.29 bits per heavy atom. The Hall–Kier alpha value is -0.260. The maximum absolute atomic E-state index is 11.7. The van der Waals surface area contributed by atoms with E-state index in [0.717, 1.165) is 11.5 Å². The van der Waals surface area contributed by atoms with Gasteiger partial charge in [0.25, 0.3) is 0 Å². The van der Waals surface area contributed by atoms with Crippen molar-refractivity contribution < 1.29 is 19.7 Å². The lowest BCUT2D eigenvalue weighted by molar-refractivity contribution is -0.171. The second-order valence-corrected chi connectivity index (χ2v) is 6.98. The van der Waals surface area contributed by atoms with E-state index in [-0.39, 0.29) is 6.61 Å². The predicted octanol–water partition coefficient (Wildman–Crippen LogP) is 1.51. The van der Waals surface area contributed by atoms with Gasteiger partial charge in [0.2, 0.25) is 0 Å². The van der Waals surface area contributed by atoms with Crippen LogP contribution in [0.15, 0.2) is 0 Å². The predicted molar refractivity (Wildman–Crippen MR) is 66.2 cm³/mol. The van der Waals surface area contributed by atoms with Crippen molar-refractivity contribution in [1.82, 2.24) is 0 Å². The zero-order valence-corrected chi connectivity index (χ0v) is 11.2. The van der Waals surface area contributed by atoms with Crippen molar-refractivity contribution in [1.29, 1.82) is 0 Å². The van der Waals surface area contributed by atoms with Crippen LogP contribution in [-0.4, -0.2) is 45.5 Å². The Kier molecular flexibility index (Phi) is 3.21. The minimum absolute atomic E-state index is 0.136. The molecule has 2 N–H and O–H groups in total. The van der Waals surface area contributed by atoms with Gasteiger partial charge in [0.15, 0.2) is 0 Å². The van der Waals surface area contributed by atoms with Crippen LogP contribution in [0.1, 0.15) is 33.1 Å². The Labute approximate surface area is 106 Å². The van der Waals surface area contributed by atoms with Crippen LogP contribution in [-0.2, 0) is 9.53 Å². The summed E-state index contributed by atoms with van der Waals surface area (Å²) in [6, 6.07) is 0. The van der Waals surface area contributed by atoms with Gasteiger partial charge >= 0.3 is 5.97 Å². The first-order valence-electron chi connectivity index (χ1n) is 5.99. The number of carbonyl (C=O) groups is 1. The largest absolute Gasteiger partial charge is 0.481 e. The van der Waals surface area contributed by atoms with Gasteiger partial charge in [0, 0.05) is 6.42 Å². The third kappa shape index (κ3) is 2.09. The molecule has 98 valence electrons. The van der Waals surface area contributed by atoms with Crippen molar-refractivity contribution >= 4 is 17.7 Å². The summed E-state index contributed by atoms with van der Waals surface area (Å²) >= 11 is 1.76. The summed E-state index contributed by atoms with van der Waals surface area (Å²) < 4.78 is 5.56. The van der Waals surface area contributed by atoms with E-state index in [2.05, 4.69) is 0 Å². The summed E-state index contributed by atoms with van der Waals surface area (Å²) in [6.45, 7) is 3.94. The number of hydrogen-bond acceptors (Lipinski definition) is 4. The molecule has 0 amide bonds. The molecule has 2 aliphatic rings. The fraction of sp³-hybridized carbons (Fsp3) is 0.917. The number of hydrogen-bond donors (Lipinski definition) is 2. The van der Waals surface area contributed by atoms with Gasteiger partial charge in [0.05, 0.1) is 12.2 Å². The zero-order valence-electron chi connectivity index (χ0n) is 10.4. The molecule has 0 saturated carbocycles. The second kappa shape index (κ2) is 4.14. The molecule has 4 nitrogen and oxygen atoms in total. The van der Waals surface area contributed by atoms with Gasteiger partial charge in [-0.15, -0.1) is 0 Å². The summed E-state index contributed by atoms with van der Waals surface area (Å²) in [4.78, 5) is 11.7. The van der Waals surface area contributed by atoms with Crippen LogP contribution in [0, 0.1) is 5.41 Å². The number of ether oxygens (including phenoxy) is 1. The molecule has 2 saturated heterocycles. The SMILES string of the molecule is CC1(C)CC(O)(C2(C(=O)O)CCSCC2)CO1. The first-order chi connectivity index (χ1) is 7.81. The lowest BCUT2D eigenvalue weighted by Gasteiger charge is -2.43. The van der Waals surface area contributed by atoms with Gasteiger partial charge in [-0.2, -0.15) is 11.8 Å². The fourth-order valence-electron chi connectivity index (χ4n) is 3.03. The van der Waals surface area contributed by atoms with E-state index in [1.165, 1.54) is 0 Å². The van der Waals surface area contributed by atoms with E-state index in [1.54, 1.807) is 11.8 Å². The maximum atomic E-state index is 11.7. The van der Waals surface area contributed by atoms with Crippen molar-refractivity contribution in [3.8, 4) is 0 Å². The molecule has 1 unspecified atom stereocenters. The molecule has 0 aromatic rings. The van der Waals surface area contributed by atoms with Crippen molar-refractivity contribution in [3.63, 3.8) is 0 Å². The molecule has 1 atom stereocenters. The highest BCUT2D eigenvalue weighted by Crippen LogP contribution is 2.51. The summed E-state index contributed by atoms with van der Waals surface area (Å²) in [5.74, 6) is 0.728. The molecule has 0 spiro atoms. The van der Waals surface area contributed by atoms with Gasteiger partial charge in [-0.25, -0.2) is 0 Å². The van der Waals surface area contributed by atoms with Gasteiger partial charge in [-0.1, -0.05) is 0 Å². The molecule has 0 radical (unpaired) electrons. The van der Waals surface area contributed by atoms with E-state index in [4.69, 9.17) is 4.74 Å². The molecular formula is C12H20O4S. The third-order valence-corrected chi connectivity index (χ3v) is 5.05. The number of carboxylic acid groups (broad SMARTS) is 1. The smallest absolute Gasteiger partial charge is 0.312 e. The van der Waals surface area contributed by atoms with Crippen LogP contribution in [0.4, 0.5) is 0 Å². The number of aliphatic carboxylic acids is 1. The van der Waals surface area contributed by atoms with Gasteiger partial charge < -0.3 is 14.9 Å². The first-order valence-corrected chi connectivity index (χ1v) is 7.14.